The molecule has 0 saturated carbocycles. The van der Waals surface area contributed by atoms with Crippen LogP contribution in [0.1, 0.15) is 18.3 Å². The van der Waals surface area contributed by atoms with Gasteiger partial charge >= 0.3 is 0 Å². The van der Waals surface area contributed by atoms with Crippen molar-refractivity contribution in [3.05, 3.63) is 78.1 Å². The van der Waals surface area contributed by atoms with Gasteiger partial charge in [-0.2, -0.15) is 0 Å². The fourth-order valence-electron chi connectivity index (χ4n) is 2.45. The quantitative estimate of drug-likeness (QED) is 0.529. The van der Waals surface area contributed by atoms with Gasteiger partial charge in [-0.15, -0.1) is 10.2 Å². The summed E-state index contributed by atoms with van der Waals surface area (Å²) in [5, 5.41) is 14.6. The van der Waals surface area contributed by atoms with Crippen LogP contribution in [0.25, 0.3) is 5.69 Å². The molecule has 0 amide bonds. The molecule has 2 aromatic carbocycles. The van der Waals surface area contributed by atoms with Crippen LogP contribution in [-0.2, 0) is 13.1 Å². The van der Waals surface area contributed by atoms with Crippen LogP contribution in [0, 0.1) is 5.82 Å². The Kier molecular flexibility index (Phi) is 5.92. The maximum Gasteiger partial charge on any atom is 0.191 e. The number of nitrogens with one attached hydrogen (secondary N) is 2. The molecule has 0 fully saturated rings. The number of para-hydroxylation sites is 1. The molecule has 1 aromatic heterocycles. The smallest absolute Gasteiger partial charge is 0.191 e. The molecule has 26 heavy (non-hydrogen) atoms. The lowest BCUT2D eigenvalue weighted by Gasteiger charge is -2.12. The van der Waals surface area contributed by atoms with Crippen molar-refractivity contribution in [3.63, 3.8) is 0 Å². The van der Waals surface area contributed by atoms with E-state index in [1.807, 2.05) is 41.8 Å². The molecular weight excluding hydrogens is 331 g/mol. The van der Waals surface area contributed by atoms with E-state index < -0.39 is 0 Å². The van der Waals surface area contributed by atoms with Gasteiger partial charge in [0.1, 0.15) is 12.1 Å². The van der Waals surface area contributed by atoms with Crippen molar-refractivity contribution in [2.75, 3.05) is 6.54 Å². The number of guanidine groups is 1. The van der Waals surface area contributed by atoms with E-state index in [1.165, 1.54) is 12.1 Å². The zero-order chi connectivity index (χ0) is 18.2. The SMILES string of the molecule is CCNC(=NCc1ccc(F)cc1)NCc1nncn1-c1ccccc1. The van der Waals surface area contributed by atoms with Crippen LogP contribution < -0.4 is 10.6 Å². The van der Waals surface area contributed by atoms with Crippen LogP contribution in [0.2, 0.25) is 0 Å². The van der Waals surface area contributed by atoms with Gasteiger partial charge in [0.15, 0.2) is 11.8 Å². The molecule has 0 aliphatic rings. The first-order chi connectivity index (χ1) is 12.8. The maximum atomic E-state index is 13.0. The van der Waals surface area contributed by atoms with E-state index in [9.17, 15) is 4.39 Å². The van der Waals surface area contributed by atoms with Gasteiger partial charge in [-0.1, -0.05) is 30.3 Å². The monoisotopic (exact) mass is 352 g/mol. The minimum absolute atomic E-state index is 0.247. The number of rotatable bonds is 6. The first-order valence-electron chi connectivity index (χ1n) is 8.47. The summed E-state index contributed by atoms with van der Waals surface area (Å²) in [4.78, 5) is 4.53. The van der Waals surface area contributed by atoms with Crippen molar-refractivity contribution >= 4 is 5.96 Å². The number of hydrogen-bond donors (Lipinski definition) is 2. The van der Waals surface area contributed by atoms with Gasteiger partial charge in [-0.25, -0.2) is 9.38 Å². The molecule has 0 atom stereocenters. The zero-order valence-electron chi connectivity index (χ0n) is 14.6. The fourth-order valence-corrected chi connectivity index (χ4v) is 2.45. The van der Waals surface area contributed by atoms with Crippen molar-refractivity contribution in [2.45, 2.75) is 20.0 Å². The molecule has 0 saturated heterocycles. The second-order valence-corrected chi connectivity index (χ2v) is 5.63. The van der Waals surface area contributed by atoms with Crippen molar-refractivity contribution < 1.29 is 4.39 Å². The second kappa shape index (κ2) is 8.75. The summed E-state index contributed by atoms with van der Waals surface area (Å²) in [6, 6.07) is 16.3. The third-order valence-corrected chi connectivity index (χ3v) is 3.74. The number of aliphatic imine (C=N–C) groups is 1. The van der Waals surface area contributed by atoms with Crippen molar-refractivity contribution in [1.29, 1.82) is 0 Å². The lowest BCUT2D eigenvalue weighted by Crippen LogP contribution is -2.37. The molecule has 0 radical (unpaired) electrons. The van der Waals surface area contributed by atoms with E-state index in [-0.39, 0.29) is 5.82 Å². The Hall–Kier alpha value is -3.22. The van der Waals surface area contributed by atoms with Crippen LogP contribution >= 0.6 is 0 Å². The van der Waals surface area contributed by atoms with Crippen LogP contribution in [0.3, 0.4) is 0 Å². The minimum Gasteiger partial charge on any atom is -0.357 e. The number of hydrogen-bond acceptors (Lipinski definition) is 3. The number of aromatic nitrogens is 3. The summed E-state index contributed by atoms with van der Waals surface area (Å²) in [5.74, 6) is 1.20. The zero-order valence-corrected chi connectivity index (χ0v) is 14.6. The summed E-state index contributed by atoms with van der Waals surface area (Å²) >= 11 is 0. The highest BCUT2D eigenvalue weighted by Gasteiger charge is 2.07. The van der Waals surface area contributed by atoms with Gasteiger partial charge in [-0.05, 0) is 36.8 Å². The molecule has 0 spiro atoms. The molecule has 0 aliphatic heterocycles. The largest absolute Gasteiger partial charge is 0.357 e. The molecule has 0 unspecified atom stereocenters. The molecule has 1 heterocycles. The van der Waals surface area contributed by atoms with E-state index in [0.717, 1.165) is 23.6 Å². The molecule has 0 bridgehead atoms. The highest BCUT2D eigenvalue weighted by atomic mass is 19.1. The van der Waals surface area contributed by atoms with Gasteiger partial charge in [-0.3, -0.25) is 4.57 Å². The lowest BCUT2D eigenvalue weighted by atomic mass is 10.2. The Labute approximate surface area is 151 Å². The maximum absolute atomic E-state index is 13.0. The Bertz CT molecular complexity index is 842. The molecule has 6 nitrogen and oxygen atoms in total. The molecule has 134 valence electrons. The Morgan fingerprint density at radius 2 is 1.85 bits per heavy atom. The summed E-state index contributed by atoms with van der Waals surface area (Å²) in [5.41, 5.74) is 1.94. The Morgan fingerprint density at radius 1 is 1.08 bits per heavy atom. The lowest BCUT2D eigenvalue weighted by molar-refractivity contribution is 0.627. The predicted molar refractivity (Wildman–Crippen MR) is 99.4 cm³/mol. The van der Waals surface area contributed by atoms with E-state index in [0.29, 0.717) is 19.0 Å². The molecule has 7 heteroatoms. The third kappa shape index (κ3) is 4.66. The Morgan fingerprint density at radius 3 is 2.58 bits per heavy atom. The normalized spacial score (nSPS) is 11.4. The van der Waals surface area contributed by atoms with Gasteiger partial charge in [0, 0.05) is 12.2 Å². The van der Waals surface area contributed by atoms with E-state index in [2.05, 4.69) is 25.8 Å². The Balaban J connectivity index is 1.67. The van der Waals surface area contributed by atoms with Crippen molar-refractivity contribution in [1.82, 2.24) is 25.4 Å². The average molecular weight is 352 g/mol. The van der Waals surface area contributed by atoms with Crippen LogP contribution in [0.4, 0.5) is 4.39 Å². The van der Waals surface area contributed by atoms with Crippen LogP contribution in [0.15, 0.2) is 65.9 Å². The van der Waals surface area contributed by atoms with Crippen LogP contribution in [-0.4, -0.2) is 27.3 Å². The standard InChI is InChI=1S/C19H21FN6/c1-2-21-19(22-12-15-8-10-16(20)11-9-15)23-13-18-25-24-14-26(18)17-6-4-3-5-7-17/h3-11,14H,2,12-13H2,1H3,(H2,21,22,23). The van der Waals surface area contributed by atoms with Gasteiger partial charge in [0.25, 0.3) is 0 Å². The highest BCUT2D eigenvalue weighted by Crippen LogP contribution is 2.08. The molecule has 2 N–H and O–H groups in total. The summed E-state index contributed by atoms with van der Waals surface area (Å²) in [6.45, 7) is 3.67. The number of halogens is 1. The molecular formula is C19H21FN6. The summed E-state index contributed by atoms with van der Waals surface area (Å²) in [7, 11) is 0. The first-order valence-corrected chi connectivity index (χ1v) is 8.47. The highest BCUT2D eigenvalue weighted by molar-refractivity contribution is 5.79. The number of benzene rings is 2. The summed E-state index contributed by atoms with van der Waals surface area (Å²) < 4.78 is 14.9. The average Bonchev–Trinajstić information content (AvgIpc) is 3.14. The second-order valence-electron chi connectivity index (χ2n) is 5.63. The molecule has 0 aliphatic carbocycles. The third-order valence-electron chi connectivity index (χ3n) is 3.74. The first kappa shape index (κ1) is 17.6. The fraction of sp³-hybridized carbons (Fsp3) is 0.211. The minimum atomic E-state index is -0.247. The topological polar surface area (TPSA) is 67.1 Å². The van der Waals surface area contributed by atoms with Crippen molar-refractivity contribution in [2.24, 2.45) is 4.99 Å². The molecule has 3 aromatic rings. The van der Waals surface area contributed by atoms with Gasteiger partial charge < -0.3 is 10.6 Å². The van der Waals surface area contributed by atoms with Crippen LogP contribution in [0.5, 0.6) is 0 Å². The van der Waals surface area contributed by atoms with E-state index in [4.69, 9.17) is 0 Å². The number of nitrogens with zero attached hydrogens (tertiary/aromatic N) is 4. The predicted octanol–water partition coefficient (Wildman–Crippen LogP) is 2.66. The van der Waals surface area contributed by atoms with Crippen molar-refractivity contribution in [3.8, 4) is 5.69 Å². The van der Waals surface area contributed by atoms with E-state index in [1.54, 1.807) is 18.5 Å². The van der Waals surface area contributed by atoms with E-state index >= 15 is 0 Å². The summed E-state index contributed by atoms with van der Waals surface area (Å²) in [6.07, 6.45) is 1.69. The van der Waals surface area contributed by atoms with Gasteiger partial charge in [0.2, 0.25) is 0 Å². The van der Waals surface area contributed by atoms with Gasteiger partial charge in [0.05, 0.1) is 13.1 Å². The molecule has 3 rings (SSSR count).